The number of methoxy groups -OCH3 is 2. The number of thioether (sulfide) groups is 1. The highest BCUT2D eigenvalue weighted by molar-refractivity contribution is 8.00. The summed E-state index contributed by atoms with van der Waals surface area (Å²) in [5, 5.41) is 0. The number of rotatable bonds is 6. The van der Waals surface area contributed by atoms with E-state index in [1.54, 1.807) is 0 Å². The molecule has 0 atom stereocenters. The Hall–Kier alpha value is -0.550. The van der Waals surface area contributed by atoms with E-state index in [9.17, 15) is 9.59 Å². The molecule has 0 unspecified atom stereocenters. The Bertz CT molecular complexity index is 157. The molecule has 0 aromatic carbocycles. The maximum Gasteiger partial charge on any atom is 0.315 e. The molecule has 0 amide bonds. The highest BCUT2D eigenvalue weighted by Gasteiger charge is 2.04. The lowest BCUT2D eigenvalue weighted by Crippen LogP contribution is -2.11. The van der Waals surface area contributed by atoms with E-state index in [2.05, 4.69) is 9.47 Å². The largest absolute Gasteiger partial charge is 0.468 e. The Labute approximate surface area is 75.6 Å². The summed E-state index contributed by atoms with van der Waals surface area (Å²) in [6.07, 6.45) is 0. The zero-order valence-corrected chi connectivity index (χ0v) is 7.98. The maximum atomic E-state index is 10.8. The molecule has 4 nitrogen and oxygen atoms in total. The fourth-order valence-electron chi connectivity index (χ4n) is 0.510. The Morgan fingerprint density at radius 2 is 1.92 bits per heavy atom. The van der Waals surface area contributed by atoms with Crippen LogP contribution in [0.2, 0.25) is 0 Å². The average Bonchev–Trinajstić information content (AvgIpc) is 2.04. The number of hydrogen-bond donors (Lipinski definition) is 0. The van der Waals surface area contributed by atoms with Crippen LogP contribution in [0.15, 0.2) is 0 Å². The third-order valence-corrected chi connectivity index (χ3v) is 1.98. The van der Waals surface area contributed by atoms with Gasteiger partial charge in [0.15, 0.2) is 5.78 Å². The molecule has 0 N–H and O–H groups in total. The molecule has 0 aromatic heterocycles. The van der Waals surface area contributed by atoms with Gasteiger partial charge < -0.3 is 9.47 Å². The van der Waals surface area contributed by atoms with Crippen molar-refractivity contribution in [1.82, 2.24) is 0 Å². The predicted molar refractivity (Wildman–Crippen MR) is 46.2 cm³/mol. The summed E-state index contributed by atoms with van der Waals surface area (Å²) in [5.74, 6) is 0.172. The van der Waals surface area contributed by atoms with Gasteiger partial charge in [0.25, 0.3) is 0 Å². The monoisotopic (exact) mass is 192 g/mol. The zero-order chi connectivity index (χ0) is 9.40. The smallest absolute Gasteiger partial charge is 0.315 e. The van der Waals surface area contributed by atoms with Gasteiger partial charge in [0.05, 0.1) is 18.6 Å². The van der Waals surface area contributed by atoms with Gasteiger partial charge >= 0.3 is 5.97 Å². The van der Waals surface area contributed by atoms with Crippen LogP contribution in [0.3, 0.4) is 0 Å². The fraction of sp³-hybridized carbons (Fsp3) is 0.714. The first kappa shape index (κ1) is 11.4. The van der Waals surface area contributed by atoms with Crippen molar-refractivity contribution in [2.75, 3.05) is 32.3 Å². The number of ketones is 1. The van der Waals surface area contributed by atoms with E-state index in [-0.39, 0.29) is 24.1 Å². The second-order valence-corrected chi connectivity index (χ2v) is 3.03. The third kappa shape index (κ3) is 6.18. The average molecular weight is 192 g/mol. The van der Waals surface area contributed by atoms with Crippen molar-refractivity contribution in [1.29, 1.82) is 0 Å². The van der Waals surface area contributed by atoms with Gasteiger partial charge in [-0.25, -0.2) is 0 Å². The molecular weight excluding hydrogens is 180 g/mol. The molecule has 0 saturated carbocycles. The minimum absolute atomic E-state index is 0.0218. The van der Waals surface area contributed by atoms with E-state index in [0.717, 1.165) is 0 Å². The second kappa shape index (κ2) is 7.12. The van der Waals surface area contributed by atoms with Crippen molar-refractivity contribution >= 4 is 23.5 Å². The van der Waals surface area contributed by atoms with Crippen molar-refractivity contribution in [3.8, 4) is 0 Å². The van der Waals surface area contributed by atoms with Crippen LogP contribution >= 0.6 is 11.8 Å². The van der Waals surface area contributed by atoms with Crippen LogP contribution in [0, 0.1) is 0 Å². The molecule has 0 aliphatic rings. The minimum Gasteiger partial charge on any atom is -0.468 e. The first-order chi connectivity index (χ1) is 5.70. The van der Waals surface area contributed by atoms with Crippen LogP contribution in [-0.2, 0) is 19.1 Å². The van der Waals surface area contributed by atoms with E-state index < -0.39 is 0 Å². The van der Waals surface area contributed by atoms with Crippen LogP contribution in [0.5, 0.6) is 0 Å². The van der Waals surface area contributed by atoms with Gasteiger partial charge in [0.2, 0.25) is 0 Å². The summed E-state index contributed by atoms with van der Waals surface area (Å²) in [4.78, 5) is 21.4. The molecule has 0 spiro atoms. The number of Topliss-reactive ketones (excluding diaryl/α,β-unsaturated/α-hetero) is 1. The van der Waals surface area contributed by atoms with Gasteiger partial charge in [0.1, 0.15) is 6.61 Å². The Morgan fingerprint density at radius 1 is 1.25 bits per heavy atom. The summed E-state index contributed by atoms with van der Waals surface area (Å²) < 4.78 is 9.00. The van der Waals surface area contributed by atoms with Crippen LogP contribution in [-0.4, -0.2) is 44.1 Å². The highest BCUT2D eigenvalue weighted by Crippen LogP contribution is 2.00. The summed E-state index contributed by atoms with van der Waals surface area (Å²) in [6, 6.07) is 0. The molecule has 0 saturated heterocycles. The second-order valence-electron chi connectivity index (χ2n) is 2.04. The number of carbonyl (C=O) groups is 2. The fourth-order valence-corrected chi connectivity index (χ4v) is 1.21. The topological polar surface area (TPSA) is 52.6 Å². The van der Waals surface area contributed by atoms with Gasteiger partial charge in [-0.3, -0.25) is 9.59 Å². The standard InChI is InChI=1S/C7H12O4S/c1-10-3-6(8)4-12-5-7(9)11-2/h3-5H2,1-2H3. The SMILES string of the molecule is COCC(=O)CSCC(=O)OC. The van der Waals surface area contributed by atoms with Crippen LogP contribution in [0.4, 0.5) is 0 Å². The third-order valence-electron chi connectivity index (χ3n) is 1.02. The minimum atomic E-state index is -0.315. The van der Waals surface area contributed by atoms with Gasteiger partial charge in [-0.2, -0.15) is 0 Å². The molecule has 0 aliphatic carbocycles. The van der Waals surface area contributed by atoms with Crippen molar-refractivity contribution in [3.05, 3.63) is 0 Å². The molecule has 5 heteroatoms. The molecule has 0 rings (SSSR count). The van der Waals surface area contributed by atoms with Gasteiger partial charge in [0, 0.05) is 7.11 Å². The normalized spacial score (nSPS) is 9.50. The van der Waals surface area contributed by atoms with Crippen LogP contribution < -0.4 is 0 Å². The number of hydrogen-bond acceptors (Lipinski definition) is 5. The van der Waals surface area contributed by atoms with Gasteiger partial charge in [-0.15, -0.1) is 11.8 Å². The van der Waals surface area contributed by atoms with Crippen molar-refractivity contribution in [3.63, 3.8) is 0 Å². The molecule has 0 radical (unpaired) electrons. The summed E-state index contributed by atoms with van der Waals surface area (Å²) in [6.45, 7) is 0.105. The van der Waals surface area contributed by atoms with Crippen molar-refractivity contribution in [2.45, 2.75) is 0 Å². The number of carbonyl (C=O) groups excluding carboxylic acids is 2. The Morgan fingerprint density at radius 3 is 2.42 bits per heavy atom. The van der Waals surface area contributed by atoms with Crippen molar-refractivity contribution < 1.29 is 19.1 Å². The molecule has 0 heterocycles. The zero-order valence-electron chi connectivity index (χ0n) is 7.16. The molecule has 70 valence electrons. The summed E-state index contributed by atoms with van der Waals surface area (Å²) in [7, 11) is 2.78. The van der Waals surface area contributed by atoms with Crippen LogP contribution in [0.1, 0.15) is 0 Å². The summed E-state index contributed by atoms with van der Waals surface area (Å²) in [5.41, 5.74) is 0. The van der Waals surface area contributed by atoms with E-state index in [1.807, 2.05) is 0 Å². The van der Waals surface area contributed by atoms with Gasteiger partial charge in [-0.05, 0) is 0 Å². The van der Waals surface area contributed by atoms with E-state index in [1.165, 1.54) is 26.0 Å². The predicted octanol–water partition coefficient (Wildman–Crippen LogP) is 0.108. The number of esters is 1. The lowest BCUT2D eigenvalue weighted by Gasteiger charge is -1.98. The molecule has 0 bridgehead atoms. The lowest BCUT2D eigenvalue weighted by molar-refractivity contribution is -0.137. The Balaban J connectivity index is 3.30. The maximum absolute atomic E-state index is 10.8. The summed E-state index contributed by atoms with van der Waals surface area (Å²) >= 11 is 1.23. The quantitative estimate of drug-likeness (QED) is 0.559. The lowest BCUT2D eigenvalue weighted by atomic mass is 10.5. The molecule has 0 fully saturated rings. The first-order valence-corrected chi connectivity index (χ1v) is 4.51. The van der Waals surface area contributed by atoms with E-state index in [4.69, 9.17) is 0 Å². The van der Waals surface area contributed by atoms with Crippen molar-refractivity contribution in [2.24, 2.45) is 0 Å². The number of ether oxygens (including phenoxy) is 2. The molecule has 12 heavy (non-hydrogen) atoms. The highest BCUT2D eigenvalue weighted by atomic mass is 32.2. The van der Waals surface area contributed by atoms with Gasteiger partial charge in [-0.1, -0.05) is 0 Å². The van der Waals surface area contributed by atoms with E-state index in [0.29, 0.717) is 5.75 Å². The molecule has 0 aromatic rings. The first-order valence-electron chi connectivity index (χ1n) is 3.36. The van der Waals surface area contributed by atoms with Crippen LogP contribution in [0.25, 0.3) is 0 Å². The van der Waals surface area contributed by atoms with E-state index >= 15 is 0 Å². The molecular formula is C7H12O4S. The Kier molecular flexibility index (Phi) is 6.79. The molecule has 0 aliphatic heterocycles.